The Balaban J connectivity index is 2.40. The first kappa shape index (κ1) is 10.2. The average molecular weight is 183 g/mol. The van der Waals surface area contributed by atoms with E-state index < -0.39 is 0 Å². The maximum absolute atomic E-state index is 8.59. The molecule has 13 heavy (non-hydrogen) atoms. The van der Waals surface area contributed by atoms with Crippen molar-refractivity contribution in [3.63, 3.8) is 0 Å². The zero-order valence-electron chi connectivity index (χ0n) is 8.25. The van der Waals surface area contributed by atoms with E-state index in [-0.39, 0.29) is 6.61 Å². The Bertz CT molecular complexity index is 245. The number of hydrogen-bond donors (Lipinski definition) is 2. The Labute approximate surface area is 78.4 Å². The molecule has 0 atom stereocenters. The zero-order valence-corrected chi connectivity index (χ0v) is 8.25. The van der Waals surface area contributed by atoms with Crippen LogP contribution in [0.3, 0.4) is 0 Å². The van der Waals surface area contributed by atoms with Crippen LogP contribution < -0.4 is 0 Å². The first-order valence-electron chi connectivity index (χ1n) is 4.76. The molecule has 1 rings (SSSR count). The van der Waals surface area contributed by atoms with Crippen LogP contribution in [-0.4, -0.2) is 26.9 Å². The quantitative estimate of drug-likeness (QED) is 0.675. The predicted molar refractivity (Wildman–Crippen MR) is 50.5 cm³/mol. The zero-order chi connectivity index (χ0) is 9.68. The summed E-state index contributed by atoms with van der Waals surface area (Å²) < 4.78 is 0. The average Bonchev–Trinajstić information content (AvgIpc) is 2.53. The summed E-state index contributed by atoms with van der Waals surface area (Å²) in [5.41, 5.74) is 0. The van der Waals surface area contributed by atoms with Crippen LogP contribution in [0.5, 0.6) is 0 Å². The van der Waals surface area contributed by atoms with E-state index in [0.29, 0.717) is 5.92 Å². The predicted octanol–water partition coefficient (Wildman–Crippen LogP) is 1.24. The topological polar surface area (TPSA) is 61.8 Å². The molecule has 0 amide bonds. The van der Waals surface area contributed by atoms with Gasteiger partial charge < -0.3 is 5.11 Å². The van der Waals surface area contributed by atoms with Crippen LogP contribution >= 0.6 is 0 Å². The monoisotopic (exact) mass is 183 g/mol. The van der Waals surface area contributed by atoms with Gasteiger partial charge in [0.2, 0.25) is 0 Å². The van der Waals surface area contributed by atoms with Crippen molar-refractivity contribution in [2.24, 2.45) is 0 Å². The molecule has 0 fully saturated rings. The third kappa shape index (κ3) is 3.14. The largest absolute Gasteiger partial charge is 0.396 e. The van der Waals surface area contributed by atoms with Gasteiger partial charge in [0, 0.05) is 18.9 Å². The number of aliphatic hydroxyl groups excluding tert-OH is 1. The summed E-state index contributed by atoms with van der Waals surface area (Å²) in [5, 5.41) is 15.6. The van der Waals surface area contributed by atoms with Crippen molar-refractivity contribution in [2.75, 3.05) is 6.61 Å². The van der Waals surface area contributed by atoms with Gasteiger partial charge in [-0.1, -0.05) is 13.8 Å². The van der Waals surface area contributed by atoms with Gasteiger partial charge in [0.25, 0.3) is 0 Å². The van der Waals surface area contributed by atoms with Crippen LogP contribution in [0.15, 0.2) is 0 Å². The second-order valence-corrected chi connectivity index (χ2v) is 3.48. The van der Waals surface area contributed by atoms with Gasteiger partial charge in [0.1, 0.15) is 5.82 Å². The Hall–Kier alpha value is -0.900. The van der Waals surface area contributed by atoms with Gasteiger partial charge in [0.15, 0.2) is 5.82 Å². The summed E-state index contributed by atoms with van der Waals surface area (Å²) >= 11 is 0. The number of aryl methyl sites for hydroxylation is 1. The van der Waals surface area contributed by atoms with Crippen molar-refractivity contribution >= 4 is 0 Å². The van der Waals surface area contributed by atoms with Crippen molar-refractivity contribution in [2.45, 2.75) is 39.0 Å². The lowest BCUT2D eigenvalue weighted by molar-refractivity contribution is 0.284. The van der Waals surface area contributed by atoms with Crippen molar-refractivity contribution in [1.29, 1.82) is 0 Å². The second kappa shape index (κ2) is 4.97. The van der Waals surface area contributed by atoms with Gasteiger partial charge in [-0.05, 0) is 12.8 Å². The number of hydrogen-bond acceptors (Lipinski definition) is 3. The number of rotatable bonds is 5. The molecular formula is C9H17N3O. The SMILES string of the molecule is CC(C)c1n[nH]c(CCCCO)n1. The van der Waals surface area contributed by atoms with E-state index in [1.165, 1.54) is 0 Å². The molecule has 74 valence electrons. The summed E-state index contributed by atoms with van der Waals surface area (Å²) in [6.45, 7) is 4.40. The number of aromatic amines is 1. The number of nitrogens with one attached hydrogen (secondary N) is 1. The Morgan fingerprint density at radius 1 is 1.38 bits per heavy atom. The molecule has 0 radical (unpaired) electrons. The van der Waals surface area contributed by atoms with E-state index in [1.54, 1.807) is 0 Å². The van der Waals surface area contributed by atoms with Crippen LogP contribution in [0.25, 0.3) is 0 Å². The molecule has 4 nitrogen and oxygen atoms in total. The van der Waals surface area contributed by atoms with Gasteiger partial charge >= 0.3 is 0 Å². The minimum Gasteiger partial charge on any atom is -0.396 e. The normalized spacial score (nSPS) is 11.1. The highest BCUT2D eigenvalue weighted by Gasteiger charge is 2.05. The number of aromatic nitrogens is 3. The second-order valence-electron chi connectivity index (χ2n) is 3.48. The van der Waals surface area contributed by atoms with Gasteiger partial charge in [-0.3, -0.25) is 5.10 Å². The lowest BCUT2D eigenvalue weighted by Crippen LogP contribution is -1.92. The first-order valence-corrected chi connectivity index (χ1v) is 4.76. The van der Waals surface area contributed by atoms with Gasteiger partial charge in [-0.2, -0.15) is 5.10 Å². The fourth-order valence-corrected chi connectivity index (χ4v) is 1.08. The van der Waals surface area contributed by atoms with E-state index in [4.69, 9.17) is 5.11 Å². The molecule has 0 aliphatic carbocycles. The Morgan fingerprint density at radius 3 is 2.69 bits per heavy atom. The lowest BCUT2D eigenvalue weighted by atomic mass is 10.2. The molecule has 0 bridgehead atoms. The fraction of sp³-hybridized carbons (Fsp3) is 0.778. The van der Waals surface area contributed by atoms with Crippen LogP contribution in [0, 0.1) is 0 Å². The van der Waals surface area contributed by atoms with Gasteiger partial charge in [-0.25, -0.2) is 4.98 Å². The van der Waals surface area contributed by atoms with E-state index >= 15 is 0 Å². The molecule has 2 N–H and O–H groups in total. The summed E-state index contributed by atoms with van der Waals surface area (Å²) in [5.74, 6) is 2.18. The molecule has 0 spiro atoms. The molecule has 0 saturated carbocycles. The molecule has 0 aliphatic rings. The third-order valence-corrected chi connectivity index (χ3v) is 1.89. The number of H-pyrrole nitrogens is 1. The van der Waals surface area contributed by atoms with Gasteiger partial charge in [-0.15, -0.1) is 0 Å². The standard InChI is InChI=1S/C9H17N3O/c1-7(2)9-10-8(11-12-9)5-3-4-6-13/h7,13H,3-6H2,1-2H3,(H,10,11,12). The van der Waals surface area contributed by atoms with Crippen LogP contribution in [0.4, 0.5) is 0 Å². The van der Waals surface area contributed by atoms with E-state index in [1.807, 2.05) is 0 Å². The Morgan fingerprint density at radius 2 is 2.15 bits per heavy atom. The third-order valence-electron chi connectivity index (χ3n) is 1.89. The van der Waals surface area contributed by atoms with E-state index in [0.717, 1.165) is 30.9 Å². The van der Waals surface area contributed by atoms with Crippen molar-refractivity contribution < 1.29 is 5.11 Å². The smallest absolute Gasteiger partial charge is 0.153 e. The van der Waals surface area contributed by atoms with Crippen molar-refractivity contribution in [3.05, 3.63) is 11.6 Å². The van der Waals surface area contributed by atoms with E-state index in [9.17, 15) is 0 Å². The number of nitrogens with zero attached hydrogens (tertiary/aromatic N) is 2. The molecule has 1 aromatic heterocycles. The molecule has 0 aromatic carbocycles. The highest BCUT2D eigenvalue weighted by molar-refractivity contribution is 4.94. The van der Waals surface area contributed by atoms with Gasteiger partial charge in [0.05, 0.1) is 0 Å². The summed E-state index contributed by atoms with van der Waals surface area (Å²) in [6, 6.07) is 0. The van der Waals surface area contributed by atoms with Crippen LogP contribution in [-0.2, 0) is 6.42 Å². The first-order chi connectivity index (χ1) is 6.24. The molecular weight excluding hydrogens is 166 g/mol. The fourth-order valence-electron chi connectivity index (χ4n) is 1.08. The molecule has 0 saturated heterocycles. The lowest BCUT2D eigenvalue weighted by Gasteiger charge is -1.95. The van der Waals surface area contributed by atoms with E-state index in [2.05, 4.69) is 29.0 Å². The van der Waals surface area contributed by atoms with Crippen molar-refractivity contribution in [3.8, 4) is 0 Å². The van der Waals surface area contributed by atoms with Crippen molar-refractivity contribution in [1.82, 2.24) is 15.2 Å². The maximum atomic E-state index is 8.59. The Kier molecular flexibility index (Phi) is 3.89. The maximum Gasteiger partial charge on any atom is 0.153 e. The summed E-state index contributed by atoms with van der Waals surface area (Å²) in [6.07, 6.45) is 2.67. The highest BCUT2D eigenvalue weighted by atomic mass is 16.2. The molecule has 1 heterocycles. The highest BCUT2D eigenvalue weighted by Crippen LogP contribution is 2.08. The number of aliphatic hydroxyl groups is 1. The summed E-state index contributed by atoms with van der Waals surface area (Å²) in [4.78, 5) is 4.33. The number of unbranched alkanes of at least 4 members (excludes halogenated alkanes) is 1. The van der Waals surface area contributed by atoms with Crippen LogP contribution in [0.2, 0.25) is 0 Å². The molecule has 4 heteroatoms. The minimum absolute atomic E-state index is 0.255. The minimum atomic E-state index is 0.255. The summed E-state index contributed by atoms with van der Waals surface area (Å²) in [7, 11) is 0. The van der Waals surface area contributed by atoms with Crippen LogP contribution in [0.1, 0.15) is 44.3 Å². The molecule has 0 aliphatic heterocycles. The molecule has 1 aromatic rings. The molecule has 0 unspecified atom stereocenters.